The number of benzene rings is 4. The molecule has 8 nitrogen and oxygen atoms in total. The van der Waals surface area contributed by atoms with E-state index in [9.17, 15) is 15.0 Å². The highest BCUT2D eigenvalue weighted by atomic mass is 16.5. The van der Waals surface area contributed by atoms with Crippen molar-refractivity contribution in [2.24, 2.45) is 0 Å². The molecule has 6 rings (SSSR count). The Kier molecular flexibility index (Phi) is 8.05. The number of carbonyl (C=O) groups is 1. The molecule has 0 spiro atoms. The predicted octanol–water partition coefficient (Wildman–Crippen LogP) is 6.49. The minimum atomic E-state index is -1.01. The lowest BCUT2D eigenvalue weighted by Crippen LogP contribution is -2.56. The van der Waals surface area contributed by atoms with Crippen molar-refractivity contribution in [1.29, 1.82) is 0 Å². The second-order valence-corrected chi connectivity index (χ2v) is 11.2. The Labute approximate surface area is 250 Å². The van der Waals surface area contributed by atoms with Crippen molar-refractivity contribution in [2.75, 3.05) is 13.1 Å². The Morgan fingerprint density at radius 3 is 2.37 bits per heavy atom. The number of phenols is 1. The van der Waals surface area contributed by atoms with Crippen molar-refractivity contribution >= 4 is 5.97 Å². The maximum absolute atomic E-state index is 11.4. The van der Waals surface area contributed by atoms with Crippen LogP contribution in [0.15, 0.2) is 108 Å². The first-order chi connectivity index (χ1) is 20.9. The van der Waals surface area contributed by atoms with Crippen molar-refractivity contribution < 1.29 is 19.5 Å². The Morgan fingerprint density at radius 2 is 1.63 bits per heavy atom. The summed E-state index contributed by atoms with van der Waals surface area (Å²) in [7, 11) is 0. The van der Waals surface area contributed by atoms with E-state index in [-0.39, 0.29) is 29.3 Å². The van der Waals surface area contributed by atoms with Crippen molar-refractivity contribution in [1.82, 2.24) is 19.9 Å². The molecule has 43 heavy (non-hydrogen) atoms. The van der Waals surface area contributed by atoms with Crippen molar-refractivity contribution in [3.8, 4) is 28.6 Å². The Bertz CT molecular complexity index is 1700. The third kappa shape index (κ3) is 6.21. The lowest BCUT2D eigenvalue weighted by molar-refractivity contribution is 0.0195. The summed E-state index contributed by atoms with van der Waals surface area (Å²) in [6.07, 6.45) is 0. The molecule has 0 saturated carbocycles. The molecule has 2 N–H and O–H groups in total. The highest BCUT2D eigenvalue weighted by Crippen LogP contribution is 2.36. The summed E-state index contributed by atoms with van der Waals surface area (Å²) in [4.78, 5) is 21.0. The number of aromatic hydroxyl groups is 1. The van der Waals surface area contributed by atoms with E-state index in [1.807, 2.05) is 24.3 Å². The zero-order chi connectivity index (χ0) is 29.9. The SMILES string of the molecule is C[C@@H]1CN([C@H](c2ccc(-c3noc(-c4cccc(C(=O)O)c4)n3)cc2)c2cccc(O)c2)[C@@H](C)CN1Cc1ccccc1. The summed E-state index contributed by atoms with van der Waals surface area (Å²) in [6, 6.07) is 33.2. The molecule has 3 atom stereocenters. The fraction of sp³-hybridized carbons (Fsp3) is 0.229. The van der Waals surface area contributed by atoms with Crippen LogP contribution in [0.3, 0.4) is 0 Å². The van der Waals surface area contributed by atoms with Gasteiger partial charge in [0, 0.05) is 42.8 Å². The lowest BCUT2D eigenvalue weighted by atomic mass is 9.92. The average molecular weight is 575 g/mol. The molecule has 1 aliphatic rings. The van der Waals surface area contributed by atoms with Crippen LogP contribution in [0.25, 0.3) is 22.8 Å². The van der Waals surface area contributed by atoms with Crippen LogP contribution in [-0.2, 0) is 6.54 Å². The molecular formula is C35H34N4O4. The van der Waals surface area contributed by atoms with Crippen LogP contribution >= 0.6 is 0 Å². The number of rotatable bonds is 8. The second kappa shape index (κ2) is 12.2. The lowest BCUT2D eigenvalue weighted by Gasteiger charge is -2.47. The number of carboxylic acids is 1. The van der Waals surface area contributed by atoms with Gasteiger partial charge in [0.05, 0.1) is 11.6 Å². The molecule has 0 radical (unpaired) electrons. The average Bonchev–Trinajstić information content (AvgIpc) is 3.51. The topological polar surface area (TPSA) is 103 Å². The van der Waals surface area contributed by atoms with Gasteiger partial charge in [-0.05, 0) is 60.9 Å². The highest BCUT2D eigenvalue weighted by molar-refractivity contribution is 5.89. The van der Waals surface area contributed by atoms with E-state index in [4.69, 9.17) is 4.52 Å². The number of piperazine rings is 1. The molecule has 5 aromatic rings. The molecule has 2 heterocycles. The van der Waals surface area contributed by atoms with E-state index in [0.29, 0.717) is 17.4 Å². The van der Waals surface area contributed by atoms with Crippen molar-refractivity contribution in [3.63, 3.8) is 0 Å². The smallest absolute Gasteiger partial charge is 0.335 e. The maximum Gasteiger partial charge on any atom is 0.335 e. The quantitative estimate of drug-likeness (QED) is 0.217. The number of carboxylic acid groups (broad SMARTS) is 1. The minimum Gasteiger partial charge on any atom is -0.508 e. The van der Waals surface area contributed by atoms with Crippen LogP contribution in [0.4, 0.5) is 0 Å². The van der Waals surface area contributed by atoms with Gasteiger partial charge in [-0.25, -0.2) is 4.79 Å². The normalized spacial score (nSPS) is 18.4. The van der Waals surface area contributed by atoms with Gasteiger partial charge in [0.2, 0.25) is 5.82 Å². The summed E-state index contributed by atoms with van der Waals surface area (Å²) in [5.41, 5.74) is 4.94. The molecule has 1 fully saturated rings. The van der Waals surface area contributed by atoms with E-state index < -0.39 is 5.97 Å². The fourth-order valence-corrected chi connectivity index (χ4v) is 5.95. The van der Waals surface area contributed by atoms with Gasteiger partial charge >= 0.3 is 5.97 Å². The Hall–Kier alpha value is -4.79. The number of hydrogen-bond donors (Lipinski definition) is 2. The molecular weight excluding hydrogens is 540 g/mol. The van der Waals surface area contributed by atoms with Gasteiger partial charge in [-0.15, -0.1) is 0 Å². The summed E-state index contributed by atoms with van der Waals surface area (Å²) >= 11 is 0. The van der Waals surface area contributed by atoms with Gasteiger partial charge in [0.25, 0.3) is 5.89 Å². The van der Waals surface area contributed by atoms with Crippen LogP contribution in [0, 0.1) is 0 Å². The molecule has 218 valence electrons. The summed E-state index contributed by atoms with van der Waals surface area (Å²) in [5, 5.41) is 23.9. The van der Waals surface area contributed by atoms with E-state index >= 15 is 0 Å². The van der Waals surface area contributed by atoms with Gasteiger partial charge in [-0.1, -0.05) is 78.0 Å². The van der Waals surface area contributed by atoms with E-state index in [2.05, 4.69) is 82.3 Å². The maximum atomic E-state index is 11.4. The Balaban J connectivity index is 1.26. The second-order valence-electron chi connectivity index (χ2n) is 11.2. The van der Waals surface area contributed by atoms with E-state index in [0.717, 1.165) is 36.3 Å². The molecule has 0 aliphatic carbocycles. The monoisotopic (exact) mass is 574 g/mol. The van der Waals surface area contributed by atoms with Crippen LogP contribution in [0.5, 0.6) is 5.75 Å². The largest absolute Gasteiger partial charge is 0.508 e. The molecule has 0 bridgehead atoms. The fourth-order valence-electron chi connectivity index (χ4n) is 5.95. The van der Waals surface area contributed by atoms with Gasteiger partial charge in [-0.2, -0.15) is 4.98 Å². The molecule has 4 aromatic carbocycles. The third-order valence-electron chi connectivity index (χ3n) is 8.18. The van der Waals surface area contributed by atoms with Gasteiger partial charge in [-0.3, -0.25) is 9.80 Å². The van der Waals surface area contributed by atoms with Gasteiger partial charge in [0.1, 0.15) is 5.75 Å². The predicted molar refractivity (Wildman–Crippen MR) is 165 cm³/mol. The zero-order valence-corrected chi connectivity index (χ0v) is 24.2. The summed E-state index contributed by atoms with van der Waals surface area (Å²) in [6.45, 7) is 7.27. The number of aromatic nitrogens is 2. The highest BCUT2D eigenvalue weighted by Gasteiger charge is 2.35. The summed E-state index contributed by atoms with van der Waals surface area (Å²) < 4.78 is 5.48. The molecule has 8 heteroatoms. The van der Waals surface area contributed by atoms with Crippen molar-refractivity contribution in [2.45, 2.75) is 38.5 Å². The Morgan fingerprint density at radius 1 is 0.860 bits per heavy atom. The number of nitrogens with zero attached hydrogens (tertiary/aromatic N) is 4. The van der Waals surface area contributed by atoms with Crippen LogP contribution in [0.1, 0.15) is 46.9 Å². The molecule has 1 saturated heterocycles. The van der Waals surface area contributed by atoms with Crippen LogP contribution in [0.2, 0.25) is 0 Å². The van der Waals surface area contributed by atoms with Gasteiger partial charge < -0.3 is 14.7 Å². The molecule has 0 amide bonds. The van der Waals surface area contributed by atoms with Gasteiger partial charge in [0.15, 0.2) is 0 Å². The first kappa shape index (κ1) is 28.3. The van der Waals surface area contributed by atoms with E-state index in [1.165, 1.54) is 17.7 Å². The first-order valence-electron chi connectivity index (χ1n) is 14.5. The first-order valence-corrected chi connectivity index (χ1v) is 14.5. The number of aromatic carboxylic acids is 1. The van der Waals surface area contributed by atoms with Crippen LogP contribution < -0.4 is 0 Å². The van der Waals surface area contributed by atoms with Crippen LogP contribution in [-0.4, -0.2) is 61.3 Å². The molecule has 0 unspecified atom stereocenters. The van der Waals surface area contributed by atoms with E-state index in [1.54, 1.807) is 18.2 Å². The molecule has 1 aliphatic heterocycles. The van der Waals surface area contributed by atoms with Crippen molar-refractivity contribution in [3.05, 3.63) is 125 Å². The molecule has 1 aromatic heterocycles. The third-order valence-corrected chi connectivity index (χ3v) is 8.18. The number of hydrogen-bond acceptors (Lipinski definition) is 7. The minimum absolute atomic E-state index is 0.0583. The number of phenolic OH excluding ortho intramolecular Hbond substituents is 1. The zero-order valence-electron chi connectivity index (χ0n) is 24.2. The summed E-state index contributed by atoms with van der Waals surface area (Å²) in [5.74, 6) is -0.0858. The standard InChI is InChI=1S/C35H34N4O4/c1-23-21-39(24(2)20-38(23)22-25-8-4-3-5-9-25)32(28-10-7-13-31(40)19-28)26-14-16-27(17-15-26)33-36-34(43-37-33)29-11-6-12-30(18-29)35(41)42/h3-19,23-24,32,40H,20-22H2,1-2H3,(H,41,42)/t23-,24+,32-/m1/s1.